The topological polar surface area (TPSA) is 52.3 Å². The van der Waals surface area contributed by atoms with Crippen LogP contribution in [0.4, 0.5) is 0 Å². The molecular formula is C8H7NO2S. The van der Waals surface area contributed by atoms with Crippen LogP contribution in [0, 0.1) is 0 Å². The Morgan fingerprint density at radius 1 is 1.50 bits per heavy atom. The molecule has 2 N–H and O–H groups in total. The Labute approximate surface area is 75.1 Å². The van der Waals surface area contributed by atoms with Crippen molar-refractivity contribution in [2.45, 2.75) is 0 Å². The molecule has 0 spiro atoms. The lowest BCUT2D eigenvalue weighted by Gasteiger charge is -2.02. The fourth-order valence-electron chi connectivity index (χ4n) is 0.825. The van der Waals surface area contributed by atoms with Crippen molar-refractivity contribution in [3.63, 3.8) is 0 Å². The van der Waals surface area contributed by atoms with E-state index < -0.39 is 5.91 Å². The highest BCUT2D eigenvalue weighted by Crippen LogP contribution is 2.15. The van der Waals surface area contributed by atoms with Crippen molar-refractivity contribution < 1.29 is 9.53 Å². The molecule has 4 heteroatoms. The maximum Gasteiger partial charge on any atom is 0.252 e. The van der Waals surface area contributed by atoms with Crippen molar-refractivity contribution in [3.05, 3.63) is 29.8 Å². The summed E-state index contributed by atoms with van der Waals surface area (Å²) in [6.45, 7) is 0. The van der Waals surface area contributed by atoms with Crippen molar-refractivity contribution in [1.29, 1.82) is 0 Å². The molecule has 0 aromatic heterocycles. The molecule has 0 heterocycles. The molecule has 0 saturated carbocycles. The first-order valence-corrected chi connectivity index (χ1v) is 3.72. The summed E-state index contributed by atoms with van der Waals surface area (Å²) in [5.41, 5.74) is 6.50. The summed E-state index contributed by atoms with van der Waals surface area (Å²) in [4.78, 5) is 10.8. The largest absolute Gasteiger partial charge is 0.453 e. The third-order valence-corrected chi connectivity index (χ3v) is 1.42. The van der Waals surface area contributed by atoms with E-state index in [2.05, 4.69) is 12.2 Å². The number of primary amides is 1. The van der Waals surface area contributed by atoms with E-state index in [9.17, 15) is 4.79 Å². The van der Waals surface area contributed by atoms with E-state index in [1.165, 1.54) is 0 Å². The van der Waals surface area contributed by atoms with E-state index in [1.807, 2.05) is 0 Å². The molecule has 0 fully saturated rings. The molecule has 0 radical (unpaired) electrons. The number of carbonyl (C=O) groups excluding carboxylic acids is 1. The highest BCUT2D eigenvalue weighted by Gasteiger charge is 2.06. The zero-order valence-electron chi connectivity index (χ0n) is 6.19. The van der Waals surface area contributed by atoms with Crippen molar-refractivity contribution in [3.8, 4) is 5.75 Å². The number of benzene rings is 1. The van der Waals surface area contributed by atoms with Gasteiger partial charge in [0.05, 0.1) is 5.56 Å². The lowest BCUT2D eigenvalue weighted by molar-refractivity contribution is 0.0998. The summed E-state index contributed by atoms with van der Waals surface area (Å²) in [5.74, 6) is -0.137. The second kappa shape index (κ2) is 3.82. The third kappa shape index (κ3) is 1.79. The predicted octanol–water partition coefficient (Wildman–Crippen LogP) is 1.12. The lowest BCUT2D eigenvalue weighted by atomic mass is 10.2. The van der Waals surface area contributed by atoms with E-state index in [0.29, 0.717) is 11.3 Å². The van der Waals surface area contributed by atoms with Gasteiger partial charge in [0.1, 0.15) is 5.75 Å². The van der Waals surface area contributed by atoms with Gasteiger partial charge in [0.15, 0.2) is 5.55 Å². The highest BCUT2D eigenvalue weighted by molar-refractivity contribution is 7.78. The minimum Gasteiger partial charge on any atom is -0.453 e. The second-order valence-electron chi connectivity index (χ2n) is 2.07. The van der Waals surface area contributed by atoms with E-state index in [1.54, 1.807) is 24.3 Å². The summed E-state index contributed by atoms with van der Waals surface area (Å²) in [5, 5.41) is 0. The number of amides is 1. The fraction of sp³-hybridized carbons (Fsp3) is 0. The van der Waals surface area contributed by atoms with Crippen LogP contribution in [0.3, 0.4) is 0 Å². The number of nitrogens with two attached hydrogens (primary N) is 1. The first-order valence-electron chi connectivity index (χ1n) is 3.25. The molecule has 12 heavy (non-hydrogen) atoms. The molecule has 1 rings (SSSR count). The Hall–Kier alpha value is -1.42. The lowest BCUT2D eigenvalue weighted by Crippen LogP contribution is -2.12. The molecular weight excluding hydrogens is 174 g/mol. The van der Waals surface area contributed by atoms with Gasteiger partial charge in [0, 0.05) is 0 Å². The van der Waals surface area contributed by atoms with Crippen LogP contribution in [0.2, 0.25) is 0 Å². The second-order valence-corrected chi connectivity index (χ2v) is 2.27. The average molecular weight is 181 g/mol. The zero-order chi connectivity index (χ0) is 8.97. The van der Waals surface area contributed by atoms with Crippen molar-refractivity contribution >= 4 is 23.7 Å². The van der Waals surface area contributed by atoms with Crippen molar-refractivity contribution in [2.24, 2.45) is 5.73 Å². The Bertz CT molecular complexity index is 312. The molecule has 0 atom stereocenters. The fourth-order valence-corrected chi connectivity index (χ4v) is 0.928. The molecule has 3 nitrogen and oxygen atoms in total. The SMILES string of the molecule is NC(=O)c1ccccc1OC=S. The van der Waals surface area contributed by atoms with Crippen LogP contribution in [0.15, 0.2) is 24.3 Å². The minimum atomic E-state index is -0.526. The minimum absolute atomic E-state index is 0.332. The molecule has 0 aliphatic carbocycles. The van der Waals surface area contributed by atoms with Gasteiger partial charge in [0.2, 0.25) is 0 Å². The smallest absolute Gasteiger partial charge is 0.252 e. The maximum absolute atomic E-state index is 10.8. The Morgan fingerprint density at radius 2 is 2.17 bits per heavy atom. The van der Waals surface area contributed by atoms with Crippen LogP contribution in [-0.2, 0) is 0 Å². The number of para-hydroxylation sites is 1. The van der Waals surface area contributed by atoms with Gasteiger partial charge in [-0.1, -0.05) is 12.1 Å². The van der Waals surface area contributed by atoms with Crippen LogP contribution >= 0.6 is 12.2 Å². The number of carbonyl (C=O) groups is 1. The molecule has 1 amide bonds. The van der Waals surface area contributed by atoms with Crippen LogP contribution in [0.5, 0.6) is 5.75 Å². The van der Waals surface area contributed by atoms with Gasteiger partial charge in [-0.05, 0) is 24.4 Å². The van der Waals surface area contributed by atoms with Crippen molar-refractivity contribution in [2.75, 3.05) is 0 Å². The summed E-state index contributed by atoms with van der Waals surface area (Å²) in [6, 6.07) is 6.65. The van der Waals surface area contributed by atoms with Gasteiger partial charge in [-0.25, -0.2) is 0 Å². The van der Waals surface area contributed by atoms with Gasteiger partial charge in [-0.15, -0.1) is 0 Å². The van der Waals surface area contributed by atoms with Gasteiger partial charge in [0.25, 0.3) is 5.91 Å². The van der Waals surface area contributed by atoms with E-state index >= 15 is 0 Å². The number of hydrogen-bond acceptors (Lipinski definition) is 3. The number of rotatable bonds is 3. The molecule has 0 aliphatic rings. The van der Waals surface area contributed by atoms with Crippen molar-refractivity contribution in [1.82, 2.24) is 0 Å². The molecule has 0 bridgehead atoms. The molecule has 1 aromatic rings. The zero-order valence-corrected chi connectivity index (χ0v) is 7.01. The first-order chi connectivity index (χ1) is 5.75. The number of ether oxygens (including phenoxy) is 1. The van der Waals surface area contributed by atoms with Crippen LogP contribution in [0.25, 0.3) is 0 Å². The molecule has 62 valence electrons. The summed E-state index contributed by atoms with van der Waals surface area (Å²) >= 11 is 4.48. The molecule has 0 aliphatic heterocycles. The summed E-state index contributed by atoms with van der Waals surface area (Å²) in [7, 11) is 0. The van der Waals surface area contributed by atoms with Crippen LogP contribution < -0.4 is 10.5 Å². The van der Waals surface area contributed by atoms with Crippen LogP contribution in [-0.4, -0.2) is 11.5 Å². The quantitative estimate of drug-likeness (QED) is 0.711. The standard InChI is InChI=1S/C8H7NO2S/c9-8(10)6-3-1-2-4-7(6)11-5-12/h1-5H,(H2,9,10). The van der Waals surface area contributed by atoms with Gasteiger partial charge >= 0.3 is 0 Å². The summed E-state index contributed by atoms with van der Waals surface area (Å²) in [6.07, 6.45) is 0. The van der Waals surface area contributed by atoms with Gasteiger partial charge in [-0.2, -0.15) is 0 Å². The van der Waals surface area contributed by atoms with Gasteiger partial charge < -0.3 is 10.5 Å². The Morgan fingerprint density at radius 3 is 2.75 bits per heavy atom. The Kier molecular flexibility index (Phi) is 2.76. The molecule has 0 saturated heterocycles. The third-order valence-electron chi connectivity index (χ3n) is 1.33. The van der Waals surface area contributed by atoms with E-state index in [-0.39, 0.29) is 0 Å². The summed E-state index contributed by atoms with van der Waals surface area (Å²) < 4.78 is 4.89. The predicted molar refractivity (Wildman–Crippen MR) is 49.2 cm³/mol. The van der Waals surface area contributed by atoms with E-state index in [0.717, 1.165) is 5.55 Å². The Balaban J connectivity index is 3.07. The highest BCUT2D eigenvalue weighted by atomic mass is 32.1. The maximum atomic E-state index is 10.8. The van der Waals surface area contributed by atoms with Gasteiger partial charge in [-0.3, -0.25) is 4.79 Å². The molecule has 0 unspecified atom stereocenters. The number of hydrogen-bond donors (Lipinski definition) is 1. The normalized spacial score (nSPS) is 9.00. The first kappa shape index (κ1) is 8.67. The average Bonchev–Trinajstić information content (AvgIpc) is 2.05. The monoisotopic (exact) mass is 181 g/mol. The number of thiocarbonyl (C=S) groups is 1. The van der Waals surface area contributed by atoms with Crippen LogP contribution in [0.1, 0.15) is 10.4 Å². The molecule has 1 aromatic carbocycles. The van der Waals surface area contributed by atoms with E-state index in [4.69, 9.17) is 10.5 Å².